The van der Waals surface area contributed by atoms with Gasteiger partial charge in [0.25, 0.3) is 0 Å². The van der Waals surface area contributed by atoms with Crippen LogP contribution in [0.3, 0.4) is 0 Å². The van der Waals surface area contributed by atoms with E-state index in [2.05, 4.69) is 118 Å². The minimum atomic E-state index is 0.690. The molecular weight excluding hydrogens is 452 g/mol. The summed E-state index contributed by atoms with van der Waals surface area (Å²) < 4.78 is 0. The minimum absolute atomic E-state index is 0.690. The third kappa shape index (κ3) is 5.41. The van der Waals surface area contributed by atoms with E-state index >= 15 is 0 Å². The summed E-state index contributed by atoms with van der Waals surface area (Å²) in [6.07, 6.45) is 10.5. The predicted molar refractivity (Wildman–Crippen MR) is 156 cm³/mol. The molecule has 188 valence electrons. The molecule has 2 aromatic heterocycles. The number of benzene rings is 3. The molecule has 1 fully saturated rings. The molecule has 2 aliphatic rings. The third-order valence-corrected chi connectivity index (χ3v) is 7.77. The first-order valence-corrected chi connectivity index (χ1v) is 13.6. The lowest BCUT2D eigenvalue weighted by molar-refractivity contribution is 0.296. The molecule has 7 rings (SSSR count). The Morgan fingerprint density at radius 1 is 0.784 bits per heavy atom. The highest BCUT2D eigenvalue weighted by Crippen LogP contribution is 2.30. The summed E-state index contributed by atoms with van der Waals surface area (Å²) in [6.45, 7) is 5.50. The normalized spacial score (nSPS) is 18.4. The Morgan fingerprint density at radius 3 is 2.32 bits per heavy atom. The number of H-pyrrole nitrogens is 2. The SMILES string of the molecule is C1=C(c2c[nH]c3ccccc23)CN(Cc2ccccc2)CC1.c1ccc2c(C3CCCNC3)c[nH]c2c1. The van der Waals surface area contributed by atoms with E-state index in [1.807, 2.05) is 0 Å². The smallest absolute Gasteiger partial charge is 0.0460 e. The van der Waals surface area contributed by atoms with E-state index in [9.17, 15) is 0 Å². The molecule has 2 aliphatic heterocycles. The number of aromatic amines is 2. The van der Waals surface area contributed by atoms with Crippen LogP contribution in [0, 0.1) is 0 Å². The maximum atomic E-state index is 3.47. The number of aromatic nitrogens is 2. The molecule has 1 saturated heterocycles. The quantitative estimate of drug-likeness (QED) is 0.253. The standard InChI is InChI=1S/C20H20N2.C13H16N2/c1-2-7-16(8-3-1)14-22-12-6-9-17(15-22)19-13-21-20-11-5-4-10-18(19)20;1-2-6-13-11(5-1)12(9-15-13)10-4-3-7-14-8-10/h1-5,7-11,13,21H,6,12,14-15H2;1-2,5-6,9-10,14-15H,3-4,7-8H2. The van der Waals surface area contributed by atoms with Crippen LogP contribution >= 0.6 is 0 Å². The fraction of sp³-hybridized carbons (Fsp3) is 0.273. The van der Waals surface area contributed by atoms with Gasteiger partial charge in [0.2, 0.25) is 0 Å². The highest BCUT2D eigenvalue weighted by molar-refractivity contribution is 5.93. The summed E-state index contributed by atoms with van der Waals surface area (Å²) >= 11 is 0. The van der Waals surface area contributed by atoms with Crippen molar-refractivity contribution >= 4 is 27.4 Å². The van der Waals surface area contributed by atoms with Gasteiger partial charge < -0.3 is 15.3 Å². The molecule has 1 unspecified atom stereocenters. The Balaban J connectivity index is 0.000000146. The predicted octanol–water partition coefficient (Wildman–Crippen LogP) is 7.09. The van der Waals surface area contributed by atoms with Gasteiger partial charge in [0.1, 0.15) is 0 Å². The average Bonchev–Trinajstić information content (AvgIpc) is 3.60. The number of hydrogen-bond donors (Lipinski definition) is 3. The molecule has 5 aromatic rings. The van der Waals surface area contributed by atoms with Gasteiger partial charge in [-0.25, -0.2) is 0 Å². The second kappa shape index (κ2) is 11.2. The van der Waals surface area contributed by atoms with Gasteiger partial charge in [-0.15, -0.1) is 0 Å². The van der Waals surface area contributed by atoms with Crippen LogP contribution in [-0.4, -0.2) is 41.0 Å². The maximum absolute atomic E-state index is 3.47. The van der Waals surface area contributed by atoms with Gasteiger partial charge in [-0.05, 0) is 60.6 Å². The van der Waals surface area contributed by atoms with Crippen molar-refractivity contribution in [2.24, 2.45) is 0 Å². The number of fused-ring (bicyclic) bond motifs is 2. The molecular formula is C33H36N4. The molecule has 3 N–H and O–H groups in total. The zero-order valence-electron chi connectivity index (χ0n) is 21.4. The van der Waals surface area contributed by atoms with Gasteiger partial charge in [0, 0.05) is 65.9 Å². The van der Waals surface area contributed by atoms with Crippen molar-refractivity contribution in [2.75, 3.05) is 26.2 Å². The van der Waals surface area contributed by atoms with Crippen molar-refractivity contribution < 1.29 is 0 Å². The monoisotopic (exact) mass is 488 g/mol. The second-order valence-corrected chi connectivity index (χ2v) is 10.3. The Morgan fingerprint density at radius 2 is 1.51 bits per heavy atom. The second-order valence-electron chi connectivity index (χ2n) is 10.3. The molecule has 4 nitrogen and oxygen atoms in total. The molecule has 0 aliphatic carbocycles. The highest BCUT2D eigenvalue weighted by atomic mass is 15.1. The fourth-order valence-corrected chi connectivity index (χ4v) is 5.86. The molecule has 0 bridgehead atoms. The van der Waals surface area contributed by atoms with Crippen molar-refractivity contribution in [3.63, 3.8) is 0 Å². The zero-order chi connectivity index (χ0) is 24.9. The number of nitrogens with zero attached hydrogens (tertiary/aromatic N) is 1. The number of rotatable bonds is 4. The van der Waals surface area contributed by atoms with E-state index < -0.39 is 0 Å². The van der Waals surface area contributed by atoms with Crippen LogP contribution in [0.15, 0.2) is 97.3 Å². The molecule has 3 aromatic carbocycles. The largest absolute Gasteiger partial charge is 0.361 e. The molecule has 0 spiro atoms. The highest BCUT2D eigenvalue weighted by Gasteiger charge is 2.18. The van der Waals surface area contributed by atoms with Gasteiger partial charge in [-0.2, -0.15) is 0 Å². The third-order valence-electron chi connectivity index (χ3n) is 7.77. The van der Waals surface area contributed by atoms with E-state index in [1.54, 1.807) is 0 Å². The van der Waals surface area contributed by atoms with E-state index in [1.165, 1.54) is 63.5 Å². The summed E-state index contributed by atoms with van der Waals surface area (Å²) in [4.78, 5) is 9.28. The Bertz CT molecular complexity index is 1470. The lowest BCUT2D eigenvalue weighted by Gasteiger charge is -2.27. The number of piperidine rings is 1. The average molecular weight is 489 g/mol. The number of nitrogens with one attached hydrogen (secondary N) is 3. The Kier molecular flexibility index (Phi) is 7.20. The first kappa shape index (κ1) is 23.8. The number of para-hydroxylation sites is 2. The van der Waals surface area contributed by atoms with Gasteiger partial charge in [0.15, 0.2) is 0 Å². The summed E-state index contributed by atoms with van der Waals surface area (Å²) in [7, 11) is 0. The Labute approximate surface area is 219 Å². The molecule has 1 atom stereocenters. The molecule has 37 heavy (non-hydrogen) atoms. The van der Waals surface area contributed by atoms with Gasteiger partial charge in [0.05, 0.1) is 0 Å². The van der Waals surface area contributed by atoms with Gasteiger partial charge in [-0.3, -0.25) is 4.90 Å². The van der Waals surface area contributed by atoms with Gasteiger partial charge >= 0.3 is 0 Å². The zero-order valence-corrected chi connectivity index (χ0v) is 21.4. The van der Waals surface area contributed by atoms with Crippen LogP contribution in [0.4, 0.5) is 0 Å². The summed E-state index contributed by atoms with van der Waals surface area (Å²) in [6, 6.07) is 27.9. The van der Waals surface area contributed by atoms with Crippen LogP contribution in [-0.2, 0) is 6.54 Å². The van der Waals surface area contributed by atoms with Crippen LogP contribution in [0.25, 0.3) is 27.4 Å². The van der Waals surface area contributed by atoms with Gasteiger partial charge in [-0.1, -0.05) is 72.8 Å². The lowest BCUT2D eigenvalue weighted by Crippen LogP contribution is -2.28. The summed E-state index contributed by atoms with van der Waals surface area (Å²) in [5.41, 5.74) is 8.16. The van der Waals surface area contributed by atoms with E-state index in [0.29, 0.717) is 5.92 Å². The fourth-order valence-electron chi connectivity index (χ4n) is 5.86. The molecule has 0 saturated carbocycles. The van der Waals surface area contributed by atoms with Crippen molar-refractivity contribution in [3.05, 3.63) is 114 Å². The first-order chi connectivity index (χ1) is 18.3. The summed E-state index contributed by atoms with van der Waals surface area (Å²) in [5.74, 6) is 0.690. The van der Waals surface area contributed by atoms with Crippen molar-refractivity contribution in [1.82, 2.24) is 20.2 Å². The molecule has 4 heterocycles. The van der Waals surface area contributed by atoms with Crippen LogP contribution in [0.1, 0.15) is 41.9 Å². The maximum Gasteiger partial charge on any atom is 0.0460 e. The minimum Gasteiger partial charge on any atom is -0.361 e. The van der Waals surface area contributed by atoms with Crippen molar-refractivity contribution in [2.45, 2.75) is 31.7 Å². The lowest BCUT2D eigenvalue weighted by atomic mass is 9.91. The van der Waals surface area contributed by atoms with E-state index in [4.69, 9.17) is 0 Å². The van der Waals surface area contributed by atoms with E-state index in [0.717, 1.165) is 32.6 Å². The molecule has 4 heteroatoms. The van der Waals surface area contributed by atoms with Crippen molar-refractivity contribution in [3.8, 4) is 0 Å². The van der Waals surface area contributed by atoms with Crippen LogP contribution in [0.2, 0.25) is 0 Å². The Hall–Kier alpha value is -3.60. The summed E-state index contributed by atoms with van der Waals surface area (Å²) in [5, 5.41) is 6.20. The topological polar surface area (TPSA) is 46.9 Å². The van der Waals surface area contributed by atoms with Crippen LogP contribution in [0.5, 0.6) is 0 Å². The van der Waals surface area contributed by atoms with Crippen molar-refractivity contribution in [1.29, 1.82) is 0 Å². The van der Waals surface area contributed by atoms with E-state index in [-0.39, 0.29) is 0 Å². The number of hydrogen-bond acceptors (Lipinski definition) is 2. The first-order valence-electron chi connectivity index (χ1n) is 13.6. The van der Waals surface area contributed by atoms with Crippen LogP contribution < -0.4 is 5.32 Å². The molecule has 0 amide bonds. The molecule has 0 radical (unpaired) electrons.